The maximum absolute atomic E-state index is 12.2. The Hall–Kier alpha value is -4.37. The van der Waals surface area contributed by atoms with Gasteiger partial charge in [-0.25, -0.2) is 9.59 Å². The first kappa shape index (κ1) is 26.2. The number of primary amides is 1. The fourth-order valence-corrected chi connectivity index (χ4v) is 3.77. The molecule has 0 bridgehead atoms. The van der Waals surface area contributed by atoms with E-state index < -0.39 is 24.0 Å². The highest BCUT2D eigenvalue weighted by Gasteiger charge is 2.21. The summed E-state index contributed by atoms with van der Waals surface area (Å²) in [5.41, 5.74) is 15.6. The molecular formula is C27H30N4O5. The summed E-state index contributed by atoms with van der Waals surface area (Å²) < 4.78 is 5.31. The van der Waals surface area contributed by atoms with Gasteiger partial charge >= 0.3 is 12.1 Å². The van der Waals surface area contributed by atoms with Gasteiger partial charge in [-0.05, 0) is 72.5 Å². The molecule has 0 heterocycles. The van der Waals surface area contributed by atoms with E-state index in [1.165, 1.54) is 6.07 Å². The number of ether oxygens (including phenoxy) is 1. The summed E-state index contributed by atoms with van der Waals surface area (Å²) in [5, 5.41) is 15.4. The summed E-state index contributed by atoms with van der Waals surface area (Å²) in [4.78, 5) is 35.5. The van der Waals surface area contributed by atoms with E-state index in [-0.39, 0.29) is 12.2 Å². The third kappa shape index (κ3) is 7.31. The van der Waals surface area contributed by atoms with E-state index in [4.69, 9.17) is 16.2 Å². The fourth-order valence-electron chi connectivity index (χ4n) is 3.77. The lowest BCUT2D eigenvalue weighted by atomic mass is 9.98. The van der Waals surface area contributed by atoms with E-state index in [0.717, 1.165) is 23.1 Å². The Labute approximate surface area is 209 Å². The van der Waals surface area contributed by atoms with Crippen LogP contribution < -0.4 is 22.1 Å². The number of carboxylic acid groups (broad SMARTS) is 1. The van der Waals surface area contributed by atoms with Crippen molar-refractivity contribution in [3.8, 4) is 0 Å². The molecule has 0 aliphatic rings. The van der Waals surface area contributed by atoms with Gasteiger partial charge in [0.25, 0.3) is 0 Å². The van der Waals surface area contributed by atoms with Crippen LogP contribution in [0.15, 0.2) is 66.7 Å². The SMILES string of the molecule is Cc1cc([C@@H](Nc2cccc(C(N)=O)c2)C(=O)O)ccc1CCOC(=O)Nc1cccc(CCN)c1. The van der Waals surface area contributed by atoms with Crippen LogP contribution in [-0.4, -0.2) is 36.2 Å². The molecule has 1 atom stereocenters. The van der Waals surface area contributed by atoms with Gasteiger partial charge in [-0.1, -0.05) is 36.4 Å². The molecule has 36 heavy (non-hydrogen) atoms. The molecule has 0 fully saturated rings. The van der Waals surface area contributed by atoms with Crippen molar-refractivity contribution in [1.82, 2.24) is 0 Å². The van der Waals surface area contributed by atoms with Gasteiger partial charge < -0.3 is 26.6 Å². The maximum Gasteiger partial charge on any atom is 0.411 e. The van der Waals surface area contributed by atoms with E-state index in [9.17, 15) is 19.5 Å². The van der Waals surface area contributed by atoms with Crippen LogP contribution in [0.3, 0.4) is 0 Å². The number of carboxylic acids is 1. The number of anilines is 2. The molecule has 0 aromatic heterocycles. The first-order valence-corrected chi connectivity index (χ1v) is 11.5. The molecule has 0 spiro atoms. The number of carbonyl (C=O) groups excluding carboxylic acids is 2. The molecule has 0 unspecified atom stereocenters. The molecule has 9 nitrogen and oxygen atoms in total. The Morgan fingerprint density at radius 2 is 1.72 bits per heavy atom. The molecule has 0 aliphatic carbocycles. The number of amides is 2. The quantitative estimate of drug-likeness (QED) is 0.275. The van der Waals surface area contributed by atoms with Gasteiger partial charge in [0.05, 0.1) is 6.61 Å². The number of hydrogen-bond acceptors (Lipinski definition) is 6. The second-order valence-electron chi connectivity index (χ2n) is 8.30. The number of aryl methyl sites for hydroxylation is 1. The molecule has 2 amide bonds. The van der Waals surface area contributed by atoms with Gasteiger partial charge in [-0.2, -0.15) is 0 Å². The molecular weight excluding hydrogens is 460 g/mol. The Kier molecular flexibility index (Phi) is 9.01. The molecule has 3 aromatic carbocycles. The van der Waals surface area contributed by atoms with Crippen LogP contribution >= 0.6 is 0 Å². The Morgan fingerprint density at radius 3 is 2.42 bits per heavy atom. The summed E-state index contributed by atoms with van der Waals surface area (Å²) >= 11 is 0. The highest BCUT2D eigenvalue weighted by molar-refractivity contribution is 5.94. The molecule has 7 N–H and O–H groups in total. The third-order valence-electron chi connectivity index (χ3n) is 5.62. The van der Waals surface area contributed by atoms with Crippen LogP contribution in [-0.2, 0) is 22.4 Å². The maximum atomic E-state index is 12.2. The predicted octanol–water partition coefficient (Wildman–Crippen LogP) is 3.62. The van der Waals surface area contributed by atoms with Gasteiger partial charge in [0.2, 0.25) is 5.91 Å². The van der Waals surface area contributed by atoms with Crippen molar-refractivity contribution in [3.63, 3.8) is 0 Å². The summed E-state index contributed by atoms with van der Waals surface area (Å²) in [6, 6.07) is 18.1. The van der Waals surface area contributed by atoms with Crippen LogP contribution in [0.5, 0.6) is 0 Å². The van der Waals surface area contributed by atoms with E-state index in [0.29, 0.717) is 29.9 Å². The van der Waals surface area contributed by atoms with Gasteiger partial charge in [-0.3, -0.25) is 10.1 Å². The molecule has 0 radical (unpaired) electrons. The normalized spacial score (nSPS) is 11.4. The van der Waals surface area contributed by atoms with Crippen molar-refractivity contribution in [2.75, 3.05) is 23.8 Å². The van der Waals surface area contributed by atoms with Crippen LogP contribution in [0.4, 0.5) is 16.2 Å². The van der Waals surface area contributed by atoms with Crippen molar-refractivity contribution in [2.24, 2.45) is 11.5 Å². The highest BCUT2D eigenvalue weighted by Crippen LogP contribution is 2.23. The fraction of sp³-hybridized carbons (Fsp3) is 0.222. The number of nitrogens with two attached hydrogens (primary N) is 2. The highest BCUT2D eigenvalue weighted by atomic mass is 16.5. The van der Waals surface area contributed by atoms with Crippen LogP contribution in [0.1, 0.15) is 38.7 Å². The monoisotopic (exact) mass is 490 g/mol. The Balaban J connectivity index is 1.59. The molecule has 188 valence electrons. The minimum atomic E-state index is -1.07. The van der Waals surface area contributed by atoms with Crippen molar-refractivity contribution >= 4 is 29.3 Å². The van der Waals surface area contributed by atoms with Crippen LogP contribution in [0.2, 0.25) is 0 Å². The molecule has 3 rings (SSSR count). The molecule has 0 aliphatic heterocycles. The lowest BCUT2D eigenvalue weighted by molar-refractivity contribution is -0.138. The number of carbonyl (C=O) groups is 3. The summed E-state index contributed by atoms with van der Waals surface area (Å²) in [7, 11) is 0. The lowest BCUT2D eigenvalue weighted by Crippen LogP contribution is -2.21. The average molecular weight is 491 g/mol. The lowest BCUT2D eigenvalue weighted by Gasteiger charge is -2.18. The van der Waals surface area contributed by atoms with E-state index in [2.05, 4.69) is 10.6 Å². The standard InChI is InChI=1S/C27H30N4O5/c1-17-14-20(24(26(33)34)30-23-7-3-5-21(16-23)25(29)32)9-8-19(17)11-13-36-27(35)31-22-6-2-4-18(15-22)10-12-28/h2-9,14-16,24,30H,10-13,28H2,1H3,(H2,29,32)(H,31,35)(H,33,34)/t24-/m1/s1. The smallest absolute Gasteiger partial charge is 0.411 e. The van der Waals surface area contributed by atoms with Crippen molar-refractivity contribution < 1.29 is 24.2 Å². The van der Waals surface area contributed by atoms with E-state index >= 15 is 0 Å². The average Bonchev–Trinajstić information content (AvgIpc) is 2.84. The number of hydrogen-bond donors (Lipinski definition) is 5. The van der Waals surface area contributed by atoms with Gasteiger partial charge in [0.1, 0.15) is 0 Å². The topological polar surface area (TPSA) is 157 Å². The second-order valence-corrected chi connectivity index (χ2v) is 8.30. The van der Waals surface area contributed by atoms with Crippen molar-refractivity contribution in [2.45, 2.75) is 25.8 Å². The molecule has 0 saturated heterocycles. The first-order chi connectivity index (χ1) is 17.3. The zero-order valence-electron chi connectivity index (χ0n) is 20.0. The zero-order valence-corrected chi connectivity index (χ0v) is 20.0. The Bertz CT molecular complexity index is 1240. The van der Waals surface area contributed by atoms with Gasteiger partial charge in [-0.15, -0.1) is 0 Å². The number of rotatable bonds is 11. The molecule has 3 aromatic rings. The minimum absolute atomic E-state index is 0.162. The minimum Gasteiger partial charge on any atom is -0.479 e. The van der Waals surface area contributed by atoms with Crippen LogP contribution in [0, 0.1) is 6.92 Å². The van der Waals surface area contributed by atoms with E-state index in [1.54, 1.807) is 36.4 Å². The van der Waals surface area contributed by atoms with Crippen molar-refractivity contribution in [1.29, 1.82) is 0 Å². The predicted molar refractivity (Wildman–Crippen MR) is 138 cm³/mol. The second kappa shape index (κ2) is 12.4. The third-order valence-corrected chi connectivity index (χ3v) is 5.62. The summed E-state index contributed by atoms with van der Waals surface area (Å²) in [5.74, 6) is -1.66. The Morgan fingerprint density at radius 1 is 0.972 bits per heavy atom. The van der Waals surface area contributed by atoms with Gasteiger partial charge in [0, 0.05) is 23.4 Å². The van der Waals surface area contributed by atoms with Gasteiger partial charge in [0.15, 0.2) is 6.04 Å². The van der Waals surface area contributed by atoms with E-state index in [1.807, 2.05) is 31.2 Å². The largest absolute Gasteiger partial charge is 0.479 e. The number of benzene rings is 3. The number of nitrogens with one attached hydrogen (secondary N) is 2. The van der Waals surface area contributed by atoms with Crippen molar-refractivity contribution in [3.05, 3.63) is 94.5 Å². The number of aliphatic carboxylic acids is 1. The first-order valence-electron chi connectivity index (χ1n) is 11.5. The molecule has 9 heteroatoms. The molecule has 0 saturated carbocycles. The zero-order chi connectivity index (χ0) is 26.1. The summed E-state index contributed by atoms with van der Waals surface area (Å²) in [6.45, 7) is 2.56. The van der Waals surface area contributed by atoms with Crippen LogP contribution in [0.25, 0.3) is 0 Å². The summed E-state index contributed by atoms with van der Waals surface area (Å²) in [6.07, 6.45) is 0.638.